The lowest BCUT2D eigenvalue weighted by Gasteiger charge is -2.11. The zero-order valence-electron chi connectivity index (χ0n) is 10.6. The molecule has 4 heteroatoms. The van der Waals surface area contributed by atoms with Gasteiger partial charge in [-0.2, -0.15) is 0 Å². The van der Waals surface area contributed by atoms with Gasteiger partial charge in [-0.15, -0.1) is 0 Å². The third kappa shape index (κ3) is 2.37. The molecule has 0 saturated carbocycles. The normalized spacial score (nSPS) is 13.6. The molecule has 1 aliphatic heterocycles. The van der Waals surface area contributed by atoms with Crippen LogP contribution >= 0.6 is 0 Å². The second-order valence-corrected chi connectivity index (χ2v) is 4.45. The summed E-state index contributed by atoms with van der Waals surface area (Å²) in [7, 11) is 0. The molecule has 0 saturated heterocycles. The van der Waals surface area contributed by atoms with Crippen molar-refractivity contribution in [1.29, 1.82) is 0 Å². The summed E-state index contributed by atoms with van der Waals surface area (Å²) in [4.78, 5) is 8.98. The van der Waals surface area contributed by atoms with Gasteiger partial charge in [0.2, 0.25) is 5.95 Å². The van der Waals surface area contributed by atoms with Crippen molar-refractivity contribution >= 4 is 22.7 Å². The van der Waals surface area contributed by atoms with Gasteiger partial charge < -0.3 is 4.57 Å². The van der Waals surface area contributed by atoms with Crippen LogP contribution in [0.15, 0.2) is 29.3 Å². The number of nitrogens with zero attached hydrogens (tertiary/aromatic N) is 3. The van der Waals surface area contributed by atoms with Gasteiger partial charge in [0.1, 0.15) is 0 Å². The molecule has 0 radical (unpaired) electrons. The van der Waals surface area contributed by atoms with E-state index in [1.54, 1.807) is 0 Å². The average Bonchev–Trinajstić information content (AvgIpc) is 2.81. The molecule has 3 rings (SSSR count). The first-order chi connectivity index (χ1) is 9.38. The Kier molecular flexibility index (Phi) is 3.28. The molecule has 1 aliphatic rings. The molecule has 0 fully saturated rings. The van der Waals surface area contributed by atoms with Crippen LogP contribution < -0.4 is 0 Å². The lowest BCUT2D eigenvalue weighted by atomic mass is 10.2. The van der Waals surface area contributed by atoms with E-state index in [0.29, 0.717) is 12.8 Å². The highest BCUT2D eigenvalue weighted by Gasteiger charge is 2.14. The van der Waals surface area contributed by atoms with Crippen LogP contribution in [0.1, 0.15) is 19.3 Å². The van der Waals surface area contributed by atoms with Crippen LogP contribution in [0, 0.1) is 11.8 Å². The minimum atomic E-state index is -0.309. The van der Waals surface area contributed by atoms with E-state index in [-0.39, 0.29) is 6.67 Å². The molecule has 0 unspecified atom stereocenters. The molecule has 1 aromatic heterocycles. The molecule has 3 nitrogen and oxygen atoms in total. The highest BCUT2D eigenvalue weighted by atomic mass is 19.1. The SMILES string of the molecule is FCCCC#CC1=Nc2nc3ccccc3n2CC1. The zero-order valence-corrected chi connectivity index (χ0v) is 10.6. The first-order valence-electron chi connectivity index (χ1n) is 6.46. The summed E-state index contributed by atoms with van der Waals surface area (Å²) in [5.74, 6) is 6.71. The summed E-state index contributed by atoms with van der Waals surface area (Å²) in [6, 6.07) is 8.03. The summed E-state index contributed by atoms with van der Waals surface area (Å²) in [6.07, 6.45) is 1.90. The van der Waals surface area contributed by atoms with Gasteiger partial charge in [0.05, 0.1) is 23.4 Å². The number of hydrogen-bond donors (Lipinski definition) is 0. The molecule has 0 N–H and O–H groups in total. The van der Waals surface area contributed by atoms with Crippen molar-refractivity contribution in [3.8, 4) is 11.8 Å². The van der Waals surface area contributed by atoms with Crippen molar-refractivity contribution in [1.82, 2.24) is 9.55 Å². The fraction of sp³-hybridized carbons (Fsp3) is 0.333. The number of para-hydroxylation sites is 2. The number of imidazole rings is 1. The number of unbranched alkanes of at least 4 members (excludes halogenated alkanes) is 1. The van der Waals surface area contributed by atoms with Crippen molar-refractivity contribution in [2.75, 3.05) is 6.67 Å². The number of halogens is 1. The van der Waals surface area contributed by atoms with E-state index in [0.717, 1.165) is 35.7 Å². The molecule has 96 valence electrons. The van der Waals surface area contributed by atoms with Gasteiger partial charge in [0.25, 0.3) is 0 Å². The molecule has 0 aliphatic carbocycles. The van der Waals surface area contributed by atoms with Gasteiger partial charge in [0.15, 0.2) is 0 Å². The van der Waals surface area contributed by atoms with Crippen molar-refractivity contribution in [3.05, 3.63) is 24.3 Å². The lowest BCUT2D eigenvalue weighted by molar-refractivity contribution is 0.477. The molecule has 19 heavy (non-hydrogen) atoms. The Morgan fingerprint density at radius 2 is 2.21 bits per heavy atom. The first kappa shape index (κ1) is 11.9. The Labute approximate surface area is 111 Å². The van der Waals surface area contributed by atoms with Gasteiger partial charge in [-0.25, -0.2) is 9.98 Å². The van der Waals surface area contributed by atoms with Crippen molar-refractivity contribution in [2.45, 2.75) is 25.8 Å². The number of aromatic nitrogens is 2. The topological polar surface area (TPSA) is 30.2 Å². The monoisotopic (exact) mass is 255 g/mol. The third-order valence-electron chi connectivity index (χ3n) is 3.11. The second kappa shape index (κ2) is 5.23. The van der Waals surface area contributed by atoms with E-state index >= 15 is 0 Å². The highest BCUT2D eigenvalue weighted by Crippen LogP contribution is 2.25. The average molecular weight is 255 g/mol. The second-order valence-electron chi connectivity index (χ2n) is 4.45. The summed E-state index contributed by atoms with van der Waals surface area (Å²) < 4.78 is 14.1. The standard InChI is InChI=1S/C15H14FN3/c16-10-5-1-2-6-12-9-11-19-14-8-4-3-7-13(14)18-15(19)17-12/h3-4,7-8H,1,5,9-11H2. The van der Waals surface area contributed by atoms with Crippen LogP contribution in [0.25, 0.3) is 11.0 Å². The third-order valence-corrected chi connectivity index (χ3v) is 3.11. The van der Waals surface area contributed by atoms with E-state index in [4.69, 9.17) is 0 Å². The van der Waals surface area contributed by atoms with Gasteiger partial charge in [0, 0.05) is 19.4 Å². The van der Waals surface area contributed by atoms with E-state index in [2.05, 4.69) is 32.5 Å². The number of benzene rings is 1. The van der Waals surface area contributed by atoms with E-state index in [1.165, 1.54) is 0 Å². The smallest absolute Gasteiger partial charge is 0.231 e. The molecular weight excluding hydrogens is 241 g/mol. The molecule has 0 bridgehead atoms. The van der Waals surface area contributed by atoms with Crippen molar-refractivity contribution in [3.63, 3.8) is 0 Å². The number of hydrogen-bond acceptors (Lipinski definition) is 2. The van der Waals surface area contributed by atoms with Crippen LogP contribution in [-0.2, 0) is 6.54 Å². The van der Waals surface area contributed by atoms with Gasteiger partial charge >= 0.3 is 0 Å². The Bertz CT molecular complexity index is 688. The summed E-state index contributed by atoms with van der Waals surface area (Å²) in [6.45, 7) is 0.545. The first-order valence-corrected chi connectivity index (χ1v) is 6.46. The van der Waals surface area contributed by atoms with Gasteiger partial charge in [-0.1, -0.05) is 24.0 Å². The molecular formula is C15H14FN3. The molecule has 2 heterocycles. The minimum Gasteiger partial charge on any atom is -0.308 e. The predicted molar refractivity (Wildman–Crippen MR) is 74.4 cm³/mol. The zero-order chi connectivity index (χ0) is 13.1. The number of fused-ring (bicyclic) bond motifs is 3. The maximum atomic E-state index is 12.0. The molecule has 0 spiro atoms. The Hall–Kier alpha value is -2.15. The van der Waals surface area contributed by atoms with E-state index < -0.39 is 0 Å². The number of alkyl halides is 1. The maximum absolute atomic E-state index is 12.0. The quantitative estimate of drug-likeness (QED) is 0.598. The summed E-state index contributed by atoms with van der Waals surface area (Å²) in [5.41, 5.74) is 2.93. The highest BCUT2D eigenvalue weighted by molar-refractivity contribution is 6.02. The van der Waals surface area contributed by atoms with Crippen LogP contribution in [0.5, 0.6) is 0 Å². The molecule has 1 aromatic carbocycles. The lowest BCUT2D eigenvalue weighted by Crippen LogP contribution is -2.09. The minimum absolute atomic E-state index is 0.309. The fourth-order valence-electron chi connectivity index (χ4n) is 2.17. The van der Waals surface area contributed by atoms with Crippen LogP contribution in [0.4, 0.5) is 10.3 Å². The summed E-state index contributed by atoms with van der Waals surface area (Å²) in [5, 5.41) is 0. The van der Waals surface area contributed by atoms with Crippen LogP contribution in [0.2, 0.25) is 0 Å². The Morgan fingerprint density at radius 1 is 1.32 bits per heavy atom. The summed E-state index contributed by atoms with van der Waals surface area (Å²) >= 11 is 0. The van der Waals surface area contributed by atoms with Crippen LogP contribution in [0.3, 0.4) is 0 Å². The van der Waals surface area contributed by atoms with Gasteiger partial charge in [-0.05, 0) is 18.6 Å². The predicted octanol–water partition coefficient (Wildman–Crippen LogP) is 3.27. The molecule has 0 atom stereocenters. The van der Waals surface area contributed by atoms with Crippen LogP contribution in [-0.4, -0.2) is 21.9 Å². The van der Waals surface area contributed by atoms with Crippen molar-refractivity contribution < 1.29 is 4.39 Å². The maximum Gasteiger partial charge on any atom is 0.231 e. The van der Waals surface area contributed by atoms with Crippen molar-refractivity contribution in [2.24, 2.45) is 4.99 Å². The number of aryl methyl sites for hydroxylation is 1. The molecule has 0 amide bonds. The van der Waals surface area contributed by atoms with E-state index in [1.807, 2.05) is 18.2 Å². The van der Waals surface area contributed by atoms with Gasteiger partial charge in [-0.3, -0.25) is 4.39 Å². The largest absolute Gasteiger partial charge is 0.308 e. The Morgan fingerprint density at radius 3 is 3.11 bits per heavy atom. The number of rotatable bonds is 2. The Balaban J connectivity index is 1.89. The molecule has 2 aromatic rings. The fourth-order valence-corrected chi connectivity index (χ4v) is 2.17. The van der Waals surface area contributed by atoms with E-state index in [9.17, 15) is 4.39 Å². The number of aliphatic imine (C=N–C) groups is 1.